The van der Waals surface area contributed by atoms with E-state index in [-0.39, 0.29) is 5.56 Å². The molecule has 2 N–H and O–H groups in total. The summed E-state index contributed by atoms with van der Waals surface area (Å²) in [6.45, 7) is 0. The summed E-state index contributed by atoms with van der Waals surface area (Å²) in [5.74, 6) is -1.02. The molecule has 0 unspecified atom stereocenters. The molecule has 0 fully saturated rings. The molecule has 0 aliphatic heterocycles. The van der Waals surface area contributed by atoms with Gasteiger partial charge in [-0.2, -0.15) is 15.3 Å². The van der Waals surface area contributed by atoms with Crippen LogP contribution in [-0.4, -0.2) is 31.5 Å². The molecular formula is C8H6N4O2. The number of H-pyrrole nitrogens is 1. The summed E-state index contributed by atoms with van der Waals surface area (Å²) in [7, 11) is 0. The van der Waals surface area contributed by atoms with Gasteiger partial charge in [0.15, 0.2) is 0 Å². The molecular weight excluding hydrogens is 184 g/mol. The molecule has 0 bridgehead atoms. The molecule has 0 saturated heterocycles. The number of aromatic amines is 1. The van der Waals surface area contributed by atoms with Gasteiger partial charge in [-0.05, 0) is 6.07 Å². The van der Waals surface area contributed by atoms with E-state index in [4.69, 9.17) is 5.11 Å². The lowest BCUT2D eigenvalue weighted by atomic mass is 10.2. The van der Waals surface area contributed by atoms with Crippen molar-refractivity contribution in [2.24, 2.45) is 0 Å². The van der Waals surface area contributed by atoms with Crippen molar-refractivity contribution in [3.05, 3.63) is 30.2 Å². The Balaban J connectivity index is 2.46. The molecule has 0 spiro atoms. The third kappa shape index (κ3) is 1.45. The number of aromatic nitrogens is 4. The fraction of sp³-hybridized carbons (Fsp3) is 0. The normalized spacial score (nSPS) is 10.0. The predicted molar refractivity (Wildman–Crippen MR) is 46.6 cm³/mol. The molecule has 2 heterocycles. The average molecular weight is 190 g/mol. The van der Waals surface area contributed by atoms with Gasteiger partial charge in [-0.1, -0.05) is 0 Å². The third-order valence-electron chi connectivity index (χ3n) is 1.70. The van der Waals surface area contributed by atoms with E-state index in [0.717, 1.165) is 0 Å². The standard InChI is InChI=1S/C8H6N4O2/c13-8(14)5-1-7(12-11-2-5)6-3-9-10-4-6/h1-4H,(H,9,10)(H,13,14). The third-order valence-corrected chi connectivity index (χ3v) is 1.70. The van der Waals surface area contributed by atoms with Gasteiger partial charge in [0.2, 0.25) is 0 Å². The van der Waals surface area contributed by atoms with E-state index in [0.29, 0.717) is 11.3 Å². The van der Waals surface area contributed by atoms with E-state index in [1.165, 1.54) is 12.3 Å². The maximum absolute atomic E-state index is 10.6. The number of hydrogen-bond acceptors (Lipinski definition) is 4. The molecule has 0 radical (unpaired) electrons. The van der Waals surface area contributed by atoms with Crippen LogP contribution < -0.4 is 0 Å². The van der Waals surface area contributed by atoms with E-state index in [1.54, 1.807) is 12.4 Å². The molecule has 0 saturated carbocycles. The first kappa shape index (κ1) is 8.36. The molecule has 6 nitrogen and oxygen atoms in total. The molecule has 0 aliphatic rings. The minimum absolute atomic E-state index is 0.108. The summed E-state index contributed by atoms with van der Waals surface area (Å²) in [6, 6.07) is 1.44. The molecule has 0 aliphatic carbocycles. The van der Waals surface area contributed by atoms with Crippen molar-refractivity contribution in [2.75, 3.05) is 0 Å². The zero-order valence-electron chi connectivity index (χ0n) is 7.01. The molecule has 2 aromatic rings. The van der Waals surface area contributed by atoms with Crippen molar-refractivity contribution in [1.82, 2.24) is 20.4 Å². The van der Waals surface area contributed by atoms with Crippen molar-refractivity contribution < 1.29 is 9.90 Å². The highest BCUT2D eigenvalue weighted by Gasteiger charge is 2.07. The summed E-state index contributed by atoms with van der Waals surface area (Å²) < 4.78 is 0. The smallest absolute Gasteiger partial charge is 0.337 e. The molecule has 2 aromatic heterocycles. The summed E-state index contributed by atoms with van der Waals surface area (Å²) >= 11 is 0. The van der Waals surface area contributed by atoms with E-state index >= 15 is 0 Å². The SMILES string of the molecule is O=C(O)c1cnnc(-c2cn[nH]c2)c1. The second-order valence-corrected chi connectivity index (χ2v) is 2.62. The lowest BCUT2D eigenvalue weighted by Crippen LogP contribution is -1.99. The highest BCUT2D eigenvalue weighted by atomic mass is 16.4. The highest BCUT2D eigenvalue weighted by molar-refractivity contribution is 5.88. The summed E-state index contributed by atoms with van der Waals surface area (Å²) in [6.07, 6.45) is 4.37. The van der Waals surface area contributed by atoms with Gasteiger partial charge in [0.05, 0.1) is 23.7 Å². The first-order valence-corrected chi connectivity index (χ1v) is 3.82. The molecule has 6 heteroatoms. The maximum Gasteiger partial charge on any atom is 0.337 e. The summed E-state index contributed by atoms with van der Waals surface area (Å²) in [5, 5.41) is 22.4. The number of carbonyl (C=O) groups is 1. The first-order valence-electron chi connectivity index (χ1n) is 3.82. The van der Waals surface area contributed by atoms with Crippen molar-refractivity contribution in [2.45, 2.75) is 0 Å². The highest BCUT2D eigenvalue weighted by Crippen LogP contribution is 2.14. The minimum Gasteiger partial charge on any atom is -0.478 e. The van der Waals surface area contributed by atoms with Gasteiger partial charge in [0.1, 0.15) is 0 Å². The van der Waals surface area contributed by atoms with Crippen LogP contribution in [0.5, 0.6) is 0 Å². The monoisotopic (exact) mass is 190 g/mol. The Morgan fingerprint density at radius 1 is 1.43 bits per heavy atom. The average Bonchev–Trinajstić information content (AvgIpc) is 2.71. The van der Waals surface area contributed by atoms with Crippen LogP contribution in [0.2, 0.25) is 0 Å². The van der Waals surface area contributed by atoms with Crippen molar-refractivity contribution in [3.8, 4) is 11.3 Å². The Kier molecular flexibility index (Phi) is 1.94. The minimum atomic E-state index is -1.02. The lowest BCUT2D eigenvalue weighted by molar-refractivity contribution is 0.0696. The van der Waals surface area contributed by atoms with Crippen LogP contribution in [-0.2, 0) is 0 Å². The summed E-state index contributed by atoms with van der Waals surface area (Å²) in [5.41, 5.74) is 1.30. The van der Waals surface area contributed by atoms with Gasteiger partial charge in [-0.25, -0.2) is 4.79 Å². The second-order valence-electron chi connectivity index (χ2n) is 2.62. The fourth-order valence-electron chi connectivity index (χ4n) is 1.02. The number of nitrogens with zero attached hydrogens (tertiary/aromatic N) is 3. The van der Waals surface area contributed by atoms with Gasteiger partial charge >= 0.3 is 5.97 Å². The quantitative estimate of drug-likeness (QED) is 0.722. The molecule has 0 atom stereocenters. The summed E-state index contributed by atoms with van der Waals surface area (Å²) in [4.78, 5) is 10.6. The zero-order chi connectivity index (χ0) is 9.97. The van der Waals surface area contributed by atoms with E-state index in [2.05, 4.69) is 20.4 Å². The molecule has 0 amide bonds. The van der Waals surface area contributed by atoms with E-state index in [9.17, 15) is 4.79 Å². The number of nitrogens with one attached hydrogen (secondary N) is 1. The Labute approximate surface area is 78.6 Å². The molecule has 70 valence electrons. The van der Waals surface area contributed by atoms with Crippen molar-refractivity contribution in [3.63, 3.8) is 0 Å². The van der Waals surface area contributed by atoms with Gasteiger partial charge in [-0.15, -0.1) is 0 Å². The van der Waals surface area contributed by atoms with Gasteiger partial charge < -0.3 is 5.11 Å². The number of aromatic carboxylic acids is 1. The number of hydrogen-bond donors (Lipinski definition) is 2. The van der Waals surface area contributed by atoms with E-state index < -0.39 is 5.97 Å². The van der Waals surface area contributed by atoms with Crippen LogP contribution in [0.25, 0.3) is 11.3 Å². The van der Waals surface area contributed by atoms with E-state index in [1.807, 2.05) is 0 Å². The number of carboxylic acid groups (broad SMARTS) is 1. The van der Waals surface area contributed by atoms with Crippen LogP contribution in [0, 0.1) is 0 Å². The van der Waals surface area contributed by atoms with Crippen molar-refractivity contribution in [1.29, 1.82) is 0 Å². The van der Waals surface area contributed by atoms with Crippen molar-refractivity contribution >= 4 is 5.97 Å². The second kappa shape index (κ2) is 3.25. The predicted octanol–water partition coefficient (Wildman–Crippen LogP) is 0.565. The lowest BCUT2D eigenvalue weighted by Gasteiger charge is -1.96. The largest absolute Gasteiger partial charge is 0.478 e. The molecule has 2 rings (SSSR count). The van der Waals surface area contributed by atoms with Gasteiger partial charge in [0.25, 0.3) is 0 Å². The Hall–Kier alpha value is -2.24. The Morgan fingerprint density at radius 3 is 2.93 bits per heavy atom. The fourth-order valence-corrected chi connectivity index (χ4v) is 1.02. The zero-order valence-corrected chi connectivity index (χ0v) is 7.01. The van der Waals surface area contributed by atoms with Crippen LogP contribution in [0.4, 0.5) is 0 Å². The Bertz CT molecular complexity index is 452. The van der Waals surface area contributed by atoms with Crippen LogP contribution >= 0.6 is 0 Å². The topological polar surface area (TPSA) is 91.8 Å². The van der Waals surface area contributed by atoms with Gasteiger partial charge in [-0.3, -0.25) is 5.10 Å². The first-order chi connectivity index (χ1) is 6.77. The molecule has 0 aromatic carbocycles. The van der Waals surface area contributed by atoms with Crippen LogP contribution in [0.1, 0.15) is 10.4 Å². The number of rotatable bonds is 2. The molecule has 14 heavy (non-hydrogen) atoms. The number of carboxylic acids is 1. The van der Waals surface area contributed by atoms with Gasteiger partial charge in [0, 0.05) is 11.8 Å². The van der Waals surface area contributed by atoms with Crippen LogP contribution in [0.15, 0.2) is 24.7 Å². The maximum atomic E-state index is 10.6. The Morgan fingerprint density at radius 2 is 2.29 bits per heavy atom. The van der Waals surface area contributed by atoms with Crippen LogP contribution in [0.3, 0.4) is 0 Å².